The summed E-state index contributed by atoms with van der Waals surface area (Å²) in [7, 11) is -2.15. The fourth-order valence-corrected chi connectivity index (χ4v) is 4.79. The number of nitrogens with one attached hydrogen (secondary N) is 2. The minimum absolute atomic E-state index is 0.145. The van der Waals surface area contributed by atoms with Gasteiger partial charge in [-0.1, -0.05) is 48.4 Å². The van der Waals surface area contributed by atoms with E-state index in [-0.39, 0.29) is 33.1 Å². The van der Waals surface area contributed by atoms with Crippen LogP contribution in [0.3, 0.4) is 0 Å². The van der Waals surface area contributed by atoms with Crippen LogP contribution < -0.4 is 14.8 Å². The van der Waals surface area contributed by atoms with Gasteiger partial charge in [-0.15, -0.1) is 0 Å². The molecule has 0 saturated carbocycles. The molecule has 1 amide bonds. The van der Waals surface area contributed by atoms with Crippen LogP contribution in [0.25, 0.3) is 0 Å². The van der Waals surface area contributed by atoms with Crippen molar-refractivity contribution in [2.45, 2.75) is 38.1 Å². The fourth-order valence-electron chi connectivity index (χ4n) is 3.47. The first-order valence-electron chi connectivity index (χ1n) is 10.5. The Morgan fingerprint density at radius 3 is 2.30 bits per heavy atom. The second kappa shape index (κ2) is 10.3. The molecule has 0 aliphatic rings. The number of halogens is 1. The molecule has 174 valence electrons. The molecule has 3 rings (SSSR count). The van der Waals surface area contributed by atoms with Gasteiger partial charge >= 0.3 is 0 Å². The van der Waals surface area contributed by atoms with Gasteiger partial charge in [-0.3, -0.25) is 9.52 Å². The number of carbonyl (C=O) groups excluding carboxylic acids is 1. The van der Waals surface area contributed by atoms with E-state index < -0.39 is 10.0 Å². The molecule has 0 spiro atoms. The van der Waals surface area contributed by atoms with E-state index >= 15 is 0 Å². The maximum absolute atomic E-state index is 12.9. The van der Waals surface area contributed by atoms with Gasteiger partial charge < -0.3 is 10.1 Å². The Labute approximate surface area is 200 Å². The summed E-state index contributed by atoms with van der Waals surface area (Å²) >= 11 is 6.35. The molecule has 3 aromatic rings. The van der Waals surface area contributed by atoms with Crippen LogP contribution in [0, 0.1) is 13.8 Å². The molecule has 33 heavy (non-hydrogen) atoms. The minimum Gasteiger partial charge on any atom is -0.496 e. The van der Waals surface area contributed by atoms with Gasteiger partial charge in [-0.25, -0.2) is 8.42 Å². The number of benzene rings is 3. The Morgan fingerprint density at radius 2 is 1.73 bits per heavy atom. The number of ether oxygens (including phenoxy) is 1. The van der Waals surface area contributed by atoms with E-state index in [0.29, 0.717) is 6.42 Å². The summed E-state index contributed by atoms with van der Waals surface area (Å²) in [6.45, 7) is 5.81. The first kappa shape index (κ1) is 24.6. The van der Waals surface area contributed by atoms with E-state index in [1.807, 2.05) is 39.0 Å². The van der Waals surface area contributed by atoms with Crippen molar-refractivity contribution in [2.24, 2.45) is 0 Å². The smallest absolute Gasteiger partial charge is 0.261 e. The molecule has 0 saturated heterocycles. The zero-order valence-electron chi connectivity index (χ0n) is 19.0. The lowest BCUT2D eigenvalue weighted by molar-refractivity contribution is 0.0935. The highest BCUT2D eigenvalue weighted by atomic mass is 35.5. The summed E-state index contributed by atoms with van der Waals surface area (Å²) in [5.74, 6) is 0.444. The molecule has 0 heterocycles. The fraction of sp³-hybridized carbons (Fsp3) is 0.240. The number of hydrogen-bond acceptors (Lipinski definition) is 4. The molecule has 0 aromatic heterocycles. The third-order valence-corrected chi connectivity index (χ3v) is 7.04. The predicted molar refractivity (Wildman–Crippen MR) is 132 cm³/mol. The Bertz CT molecular complexity index is 1260. The lowest BCUT2D eigenvalue weighted by Gasteiger charge is -2.19. The first-order valence-corrected chi connectivity index (χ1v) is 12.3. The van der Waals surface area contributed by atoms with Crippen LogP contribution in [0.2, 0.25) is 5.02 Å². The highest BCUT2D eigenvalue weighted by Crippen LogP contribution is 2.27. The number of hydrogen-bond donors (Lipinski definition) is 2. The van der Waals surface area contributed by atoms with E-state index in [2.05, 4.69) is 10.0 Å². The molecule has 0 fully saturated rings. The number of carbonyl (C=O) groups is 1. The second-order valence-electron chi connectivity index (χ2n) is 7.78. The molecule has 6 nitrogen and oxygen atoms in total. The zero-order valence-corrected chi connectivity index (χ0v) is 20.5. The molecule has 0 bridgehead atoms. The van der Waals surface area contributed by atoms with Crippen molar-refractivity contribution in [3.05, 3.63) is 87.9 Å². The van der Waals surface area contributed by atoms with Gasteiger partial charge in [-0.2, -0.15) is 0 Å². The number of rotatable bonds is 8. The molecule has 2 N–H and O–H groups in total. The quantitative estimate of drug-likeness (QED) is 0.431. The number of methoxy groups -OCH3 is 1. The van der Waals surface area contributed by atoms with Crippen LogP contribution in [0.15, 0.2) is 65.6 Å². The molecule has 1 atom stereocenters. The van der Waals surface area contributed by atoms with Crippen molar-refractivity contribution < 1.29 is 17.9 Å². The number of sulfonamides is 1. The van der Waals surface area contributed by atoms with Gasteiger partial charge in [0.15, 0.2) is 0 Å². The van der Waals surface area contributed by atoms with Crippen molar-refractivity contribution in [2.75, 3.05) is 11.8 Å². The van der Waals surface area contributed by atoms with E-state index in [9.17, 15) is 13.2 Å². The van der Waals surface area contributed by atoms with E-state index in [0.717, 1.165) is 22.4 Å². The largest absolute Gasteiger partial charge is 0.496 e. The van der Waals surface area contributed by atoms with Crippen LogP contribution in [0.4, 0.5) is 5.69 Å². The summed E-state index contributed by atoms with van der Waals surface area (Å²) in [5.41, 5.74) is 3.44. The van der Waals surface area contributed by atoms with Gasteiger partial charge in [0.1, 0.15) is 5.75 Å². The number of amides is 1. The average Bonchev–Trinajstić information content (AvgIpc) is 2.77. The normalized spacial score (nSPS) is 12.2. The van der Waals surface area contributed by atoms with Gasteiger partial charge in [0.25, 0.3) is 15.9 Å². The SMILES string of the molecule is CC[C@H](NC(=O)c1ccc(NS(=O)(=O)c2ccc(C)cc2)cc1Cl)c1ccc(OC)c(C)c1. The topological polar surface area (TPSA) is 84.5 Å². The molecule has 0 aliphatic heterocycles. The first-order chi connectivity index (χ1) is 15.6. The van der Waals surface area contributed by atoms with E-state index in [1.54, 1.807) is 19.2 Å². The van der Waals surface area contributed by atoms with Crippen LogP contribution in [-0.4, -0.2) is 21.4 Å². The summed E-state index contributed by atoms with van der Waals surface area (Å²) in [6, 6.07) is 16.6. The van der Waals surface area contributed by atoms with Gasteiger partial charge in [-0.05, 0) is 67.8 Å². The van der Waals surface area contributed by atoms with Crippen LogP contribution >= 0.6 is 11.6 Å². The van der Waals surface area contributed by atoms with Crippen molar-refractivity contribution in [3.8, 4) is 5.75 Å². The standard InChI is InChI=1S/C25H27ClN2O4S/c1-5-23(18-8-13-24(32-4)17(3)14-18)27-25(29)21-12-9-19(15-22(21)26)28-33(30,31)20-10-6-16(2)7-11-20/h6-15,23,28H,5H2,1-4H3,(H,27,29)/t23-/m0/s1. The molecular formula is C25H27ClN2O4S. The second-order valence-corrected chi connectivity index (χ2v) is 9.87. The summed E-state index contributed by atoms with van der Waals surface area (Å²) in [4.78, 5) is 13.1. The third-order valence-electron chi connectivity index (χ3n) is 5.33. The highest BCUT2D eigenvalue weighted by Gasteiger charge is 2.19. The Balaban J connectivity index is 1.76. The van der Waals surface area contributed by atoms with Crippen molar-refractivity contribution >= 4 is 33.2 Å². The summed E-state index contributed by atoms with van der Waals surface area (Å²) in [5, 5.41) is 3.15. The van der Waals surface area contributed by atoms with Crippen molar-refractivity contribution in [1.29, 1.82) is 0 Å². The Morgan fingerprint density at radius 1 is 1.03 bits per heavy atom. The predicted octanol–water partition coefficient (Wildman–Crippen LogP) is 5.65. The van der Waals surface area contributed by atoms with Crippen LogP contribution in [0.5, 0.6) is 5.75 Å². The number of anilines is 1. The monoisotopic (exact) mass is 486 g/mol. The Hall–Kier alpha value is -3.03. The zero-order chi connectivity index (χ0) is 24.2. The van der Waals surface area contributed by atoms with Crippen LogP contribution in [-0.2, 0) is 10.0 Å². The van der Waals surface area contributed by atoms with E-state index in [1.165, 1.54) is 30.3 Å². The van der Waals surface area contributed by atoms with Gasteiger partial charge in [0.05, 0.1) is 34.3 Å². The maximum Gasteiger partial charge on any atom is 0.261 e. The number of aryl methyl sites for hydroxylation is 2. The maximum atomic E-state index is 12.9. The molecular weight excluding hydrogens is 460 g/mol. The molecule has 0 aliphatic carbocycles. The lowest BCUT2D eigenvalue weighted by atomic mass is 10.0. The molecule has 0 radical (unpaired) electrons. The average molecular weight is 487 g/mol. The third kappa shape index (κ3) is 5.86. The minimum atomic E-state index is -3.77. The summed E-state index contributed by atoms with van der Waals surface area (Å²) in [6.07, 6.45) is 0.684. The Kier molecular flexibility index (Phi) is 7.66. The molecule has 8 heteroatoms. The lowest BCUT2D eigenvalue weighted by Crippen LogP contribution is -2.28. The molecule has 3 aromatic carbocycles. The summed E-state index contributed by atoms with van der Waals surface area (Å²) < 4.78 is 33.0. The van der Waals surface area contributed by atoms with Crippen molar-refractivity contribution in [3.63, 3.8) is 0 Å². The van der Waals surface area contributed by atoms with E-state index in [4.69, 9.17) is 16.3 Å². The highest BCUT2D eigenvalue weighted by molar-refractivity contribution is 7.92. The molecule has 0 unspecified atom stereocenters. The van der Waals surface area contributed by atoms with Gasteiger partial charge in [0.2, 0.25) is 0 Å². The van der Waals surface area contributed by atoms with Crippen molar-refractivity contribution in [1.82, 2.24) is 5.32 Å². The van der Waals surface area contributed by atoms with Crippen LogP contribution in [0.1, 0.15) is 46.4 Å². The van der Waals surface area contributed by atoms with Gasteiger partial charge in [0, 0.05) is 0 Å².